The molecule has 5 nitrogen and oxygen atoms in total. The molecule has 1 atom stereocenters. The first kappa shape index (κ1) is 23.3. The van der Waals surface area contributed by atoms with E-state index >= 15 is 0 Å². The number of hydrogen-bond donors (Lipinski definition) is 1. The van der Waals surface area contributed by atoms with Crippen molar-refractivity contribution in [3.05, 3.63) is 70.7 Å². The molecule has 2 rings (SSSR count). The third-order valence-corrected chi connectivity index (χ3v) is 6.65. The molecule has 0 aliphatic heterocycles. The van der Waals surface area contributed by atoms with Crippen molar-refractivity contribution in [3.8, 4) is 0 Å². The molecular formula is C21H24Cl2N2O3S. The zero-order valence-electron chi connectivity index (χ0n) is 16.4. The minimum absolute atomic E-state index is 0.0352. The maximum absolute atomic E-state index is 13.3. The van der Waals surface area contributed by atoms with Crippen molar-refractivity contribution in [2.75, 3.05) is 10.8 Å². The number of anilines is 1. The van der Waals surface area contributed by atoms with Crippen molar-refractivity contribution in [2.45, 2.75) is 37.6 Å². The second-order valence-electron chi connectivity index (χ2n) is 6.61. The third-order valence-electron chi connectivity index (χ3n) is 4.28. The summed E-state index contributed by atoms with van der Waals surface area (Å²) in [7, 11) is -3.96. The molecule has 1 unspecified atom stereocenters. The van der Waals surface area contributed by atoms with E-state index in [9.17, 15) is 13.2 Å². The van der Waals surface area contributed by atoms with E-state index < -0.39 is 15.9 Å². The first-order valence-corrected chi connectivity index (χ1v) is 11.4. The van der Waals surface area contributed by atoms with Crippen LogP contribution in [0.2, 0.25) is 10.0 Å². The minimum atomic E-state index is -3.96. The van der Waals surface area contributed by atoms with Crippen molar-refractivity contribution < 1.29 is 13.2 Å². The number of nitrogens with zero attached hydrogens (tertiary/aromatic N) is 1. The fourth-order valence-electron chi connectivity index (χ4n) is 2.84. The van der Waals surface area contributed by atoms with Gasteiger partial charge in [0.15, 0.2) is 0 Å². The van der Waals surface area contributed by atoms with Gasteiger partial charge in [-0.1, -0.05) is 42.6 Å². The van der Waals surface area contributed by atoms with E-state index in [-0.39, 0.29) is 28.1 Å². The van der Waals surface area contributed by atoms with Crippen LogP contribution in [0.15, 0.2) is 60.0 Å². The smallest absolute Gasteiger partial charge is 0.264 e. The molecule has 0 heterocycles. The predicted octanol–water partition coefficient (Wildman–Crippen LogP) is 5.29. The number of sulfonamides is 1. The van der Waals surface area contributed by atoms with Gasteiger partial charge in [-0.15, -0.1) is 6.58 Å². The number of carbonyl (C=O) groups excluding carboxylic acids is 1. The fourth-order valence-corrected chi connectivity index (χ4v) is 4.63. The molecule has 2 aromatic carbocycles. The highest BCUT2D eigenvalue weighted by atomic mass is 35.5. The van der Waals surface area contributed by atoms with E-state index in [2.05, 4.69) is 11.9 Å². The Kier molecular flexibility index (Phi) is 8.14. The number of nitrogens with one attached hydrogen (secondary N) is 1. The molecule has 0 radical (unpaired) electrons. The maximum Gasteiger partial charge on any atom is 0.264 e. The van der Waals surface area contributed by atoms with Crippen LogP contribution in [-0.2, 0) is 10.0 Å². The average molecular weight is 455 g/mol. The van der Waals surface area contributed by atoms with Gasteiger partial charge in [0.05, 0.1) is 27.7 Å². The molecule has 8 heteroatoms. The van der Waals surface area contributed by atoms with Crippen LogP contribution in [0.3, 0.4) is 0 Å². The maximum atomic E-state index is 13.3. The Morgan fingerprint density at radius 3 is 2.45 bits per heavy atom. The quantitative estimate of drug-likeness (QED) is 0.523. The highest BCUT2D eigenvalue weighted by molar-refractivity contribution is 7.92. The average Bonchev–Trinajstić information content (AvgIpc) is 2.67. The van der Waals surface area contributed by atoms with E-state index in [1.165, 1.54) is 28.6 Å². The molecule has 0 saturated carbocycles. The topological polar surface area (TPSA) is 66.5 Å². The number of amides is 1. The van der Waals surface area contributed by atoms with Crippen LogP contribution in [0.5, 0.6) is 0 Å². The molecular weight excluding hydrogens is 431 g/mol. The molecule has 29 heavy (non-hydrogen) atoms. The summed E-state index contributed by atoms with van der Waals surface area (Å²) >= 11 is 12.1. The van der Waals surface area contributed by atoms with Crippen LogP contribution >= 0.6 is 23.2 Å². The molecule has 2 aromatic rings. The Labute approximate surface area is 182 Å². The number of rotatable bonds is 9. The van der Waals surface area contributed by atoms with Crippen molar-refractivity contribution >= 4 is 44.8 Å². The molecule has 0 saturated heterocycles. The molecule has 1 amide bonds. The number of benzene rings is 2. The lowest BCUT2D eigenvalue weighted by molar-refractivity contribution is 0.0938. The van der Waals surface area contributed by atoms with Crippen molar-refractivity contribution in [1.29, 1.82) is 0 Å². The van der Waals surface area contributed by atoms with Crippen LogP contribution in [-0.4, -0.2) is 26.9 Å². The monoisotopic (exact) mass is 454 g/mol. The van der Waals surface area contributed by atoms with Gasteiger partial charge in [-0.25, -0.2) is 8.42 Å². The number of carbonyl (C=O) groups is 1. The number of hydrogen-bond acceptors (Lipinski definition) is 3. The van der Waals surface area contributed by atoms with Gasteiger partial charge in [-0.05, 0) is 55.8 Å². The lowest BCUT2D eigenvalue weighted by Crippen LogP contribution is -2.33. The molecule has 0 fully saturated rings. The van der Waals surface area contributed by atoms with Gasteiger partial charge in [0.25, 0.3) is 15.9 Å². The molecule has 0 spiro atoms. The zero-order chi connectivity index (χ0) is 21.6. The largest absolute Gasteiger partial charge is 0.350 e. The van der Waals surface area contributed by atoms with Crippen LogP contribution < -0.4 is 9.62 Å². The van der Waals surface area contributed by atoms with E-state index in [0.29, 0.717) is 10.7 Å². The summed E-state index contributed by atoms with van der Waals surface area (Å²) in [4.78, 5) is 12.6. The Morgan fingerprint density at radius 1 is 1.21 bits per heavy atom. The highest BCUT2D eigenvalue weighted by Gasteiger charge is 2.26. The van der Waals surface area contributed by atoms with Gasteiger partial charge in [-0.2, -0.15) is 0 Å². The number of halogens is 2. The van der Waals surface area contributed by atoms with Crippen LogP contribution in [0.4, 0.5) is 5.69 Å². The van der Waals surface area contributed by atoms with E-state index in [1.54, 1.807) is 24.3 Å². The van der Waals surface area contributed by atoms with Gasteiger partial charge in [0.1, 0.15) is 0 Å². The fraction of sp³-hybridized carbons (Fsp3) is 0.286. The van der Waals surface area contributed by atoms with Crippen molar-refractivity contribution in [1.82, 2.24) is 5.32 Å². The first-order valence-electron chi connectivity index (χ1n) is 9.20. The van der Waals surface area contributed by atoms with E-state index in [4.69, 9.17) is 23.2 Å². The van der Waals surface area contributed by atoms with Crippen LogP contribution in [0, 0.1) is 0 Å². The van der Waals surface area contributed by atoms with Crippen LogP contribution in [0.25, 0.3) is 0 Å². The molecule has 0 bridgehead atoms. The second-order valence-corrected chi connectivity index (χ2v) is 9.31. The zero-order valence-corrected chi connectivity index (χ0v) is 18.7. The van der Waals surface area contributed by atoms with Gasteiger partial charge < -0.3 is 5.32 Å². The lowest BCUT2D eigenvalue weighted by atomic mass is 10.1. The molecule has 0 aromatic heterocycles. The highest BCUT2D eigenvalue weighted by Crippen LogP contribution is 2.28. The predicted molar refractivity (Wildman–Crippen MR) is 119 cm³/mol. The standard InChI is InChI=1S/C21H24Cl2N2O3S/c1-4-6-15(3)24-21(26)19-14-18(11-12-20(19)23)29(27,28)25(13-5-2)17-9-7-16(22)8-10-17/h5,7-12,14-15H,2,4,6,13H2,1,3H3,(H,24,26). The van der Waals surface area contributed by atoms with Crippen molar-refractivity contribution in [2.24, 2.45) is 0 Å². The summed E-state index contributed by atoms with van der Waals surface area (Å²) in [6.07, 6.45) is 3.22. The van der Waals surface area contributed by atoms with Gasteiger partial charge in [0.2, 0.25) is 0 Å². The first-order chi connectivity index (χ1) is 13.7. The summed E-state index contributed by atoms with van der Waals surface area (Å²) in [6.45, 7) is 7.61. The summed E-state index contributed by atoms with van der Waals surface area (Å²) in [6, 6.07) is 10.5. The Morgan fingerprint density at radius 2 is 1.86 bits per heavy atom. The summed E-state index contributed by atoms with van der Waals surface area (Å²) in [5, 5.41) is 3.53. The molecule has 1 N–H and O–H groups in total. The van der Waals surface area contributed by atoms with E-state index in [0.717, 1.165) is 12.8 Å². The van der Waals surface area contributed by atoms with Crippen molar-refractivity contribution in [3.63, 3.8) is 0 Å². The van der Waals surface area contributed by atoms with Crippen LogP contribution in [0.1, 0.15) is 37.0 Å². The minimum Gasteiger partial charge on any atom is -0.350 e. The van der Waals surface area contributed by atoms with E-state index in [1.807, 2.05) is 13.8 Å². The molecule has 0 aliphatic carbocycles. The van der Waals surface area contributed by atoms with Gasteiger partial charge in [-0.3, -0.25) is 9.10 Å². The summed E-state index contributed by atoms with van der Waals surface area (Å²) in [5.41, 5.74) is 0.553. The van der Waals surface area contributed by atoms with Gasteiger partial charge >= 0.3 is 0 Å². The Balaban J connectivity index is 2.44. The summed E-state index contributed by atoms with van der Waals surface area (Å²) in [5.74, 6) is -0.408. The Bertz CT molecular complexity index is 976. The summed E-state index contributed by atoms with van der Waals surface area (Å²) < 4.78 is 27.8. The molecule has 156 valence electrons. The SMILES string of the molecule is C=CCN(c1ccc(Cl)cc1)S(=O)(=O)c1ccc(Cl)c(C(=O)NC(C)CCC)c1. The van der Waals surface area contributed by atoms with Gasteiger partial charge in [0, 0.05) is 11.1 Å². The lowest BCUT2D eigenvalue weighted by Gasteiger charge is -2.23. The Hall–Kier alpha value is -2.02. The second kappa shape index (κ2) is 10.1. The normalized spacial score (nSPS) is 12.3. The molecule has 0 aliphatic rings. The third kappa shape index (κ3) is 5.75.